The van der Waals surface area contributed by atoms with Gasteiger partial charge in [0.1, 0.15) is 0 Å². The summed E-state index contributed by atoms with van der Waals surface area (Å²) >= 11 is 7.15. The second-order valence-electron chi connectivity index (χ2n) is 4.76. The average Bonchev–Trinajstić information content (AvgIpc) is 2.15. The van der Waals surface area contributed by atoms with E-state index in [1.807, 2.05) is 0 Å². The van der Waals surface area contributed by atoms with Gasteiger partial charge in [-0.25, -0.2) is 0 Å². The highest BCUT2D eigenvalue weighted by Gasteiger charge is 2.27. The second kappa shape index (κ2) is 5.65. The van der Waals surface area contributed by atoms with E-state index in [-0.39, 0.29) is 0 Å². The molecule has 1 aromatic rings. The lowest BCUT2D eigenvalue weighted by Gasteiger charge is -2.34. The van der Waals surface area contributed by atoms with Gasteiger partial charge in [0.05, 0.1) is 0 Å². The first kappa shape index (κ1) is 12.6. The van der Waals surface area contributed by atoms with E-state index in [0.717, 1.165) is 17.3 Å². The minimum absolute atomic E-state index is 0.775. The quantitative estimate of drug-likeness (QED) is 0.743. The van der Waals surface area contributed by atoms with Crippen LogP contribution < -0.4 is 0 Å². The largest absolute Gasteiger partial charge is 0.302 e. The van der Waals surface area contributed by atoms with Crippen LogP contribution in [0.4, 0.5) is 0 Å². The van der Waals surface area contributed by atoms with E-state index in [1.54, 1.807) is 0 Å². The van der Waals surface area contributed by atoms with Crippen LogP contribution in [0, 0.1) is 5.92 Å². The molecule has 1 fully saturated rings. The molecule has 16 heavy (non-hydrogen) atoms. The van der Waals surface area contributed by atoms with Gasteiger partial charge < -0.3 is 4.90 Å². The zero-order valence-electron chi connectivity index (χ0n) is 9.50. The van der Waals surface area contributed by atoms with Crippen LogP contribution in [0.25, 0.3) is 0 Å². The van der Waals surface area contributed by atoms with Crippen LogP contribution in [0.15, 0.2) is 28.7 Å². The summed E-state index contributed by atoms with van der Waals surface area (Å²) in [6.45, 7) is 2.26. The normalized spacial score (nSPS) is 24.5. The Morgan fingerprint density at radius 2 is 2.12 bits per heavy atom. The molecule has 0 amide bonds. The number of nitrogens with zero attached hydrogens (tertiary/aromatic N) is 1. The van der Waals surface area contributed by atoms with E-state index < -0.39 is 0 Å². The van der Waals surface area contributed by atoms with E-state index in [9.17, 15) is 0 Å². The van der Waals surface area contributed by atoms with Gasteiger partial charge in [-0.3, -0.25) is 0 Å². The molecule has 1 saturated carbocycles. The first-order chi connectivity index (χ1) is 7.63. The molecule has 0 aliphatic heterocycles. The first-order valence-corrected chi connectivity index (χ1v) is 7.41. The number of alkyl halides is 1. The standard InChI is InChI=1S/C13H17Br2N/c1-16(9-11-6-13(15)7-11)8-10-3-2-4-12(14)5-10/h2-5,11,13H,6-9H2,1H3. The Morgan fingerprint density at radius 1 is 1.38 bits per heavy atom. The number of halogens is 2. The van der Waals surface area contributed by atoms with E-state index in [1.165, 1.54) is 29.4 Å². The van der Waals surface area contributed by atoms with Gasteiger partial charge in [0.15, 0.2) is 0 Å². The second-order valence-corrected chi connectivity index (χ2v) is 6.97. The third-order valence-electron chi connectivity index (χ3n) is 3.09. The van der Waals surface area contributed by atoms with Crippen molar-refractivity contribution in [2.75, 3.05) is 13.6 Å². The molecule has 3 heteroatoms. The zero-order valence-corrected chi connectivity index (χ0v) is 12.7. The Balaban J connectivity index is 1.80. The Labute approximate surface area is 114 Å². The number of benzene rings is 1. The predicted molar refractivity (Wildman–Crippen MR) is 75.9 cm³/mol. The fourth-order valence-electron chi connectivity index (χ4n) is 2.26. The van der Waals surface area contributed by atoms with Gasteiger partial charge in [-0.05, 0) is 43.5 Å². The van der Waals surface area contributed by atoms with Crippen molar-refractivity contribution in [3.05, 3.63) is 34.3 Å². The van der Waals surface area contributed by atoms with Gasteiger partial charge in [0.25, 0.3) is 0 Å². The van der Waals surface area contributed by atoms with Gasteiger partial charge in [-0.15, -0.1) is 0 Å². The summed E-state index contributed by atoms with van der Waals surface area (Å²) in [5.41, 5.74) is 1.38. The highest BCUT2D eigenvalue weighted by molar-refractivity contribution is 9.10. The molecule has 0 N–H and O–H groups in total. The van der Waals surface area contributed by atoms with Crippen molar-refractivity contribution in [2.24, 2.45) is 5.92 Å². The van der Waals surface area contributed by atoms with E-state index in [2.05, 4.69) is 68.1 Å². The van der Waals surface area contributed by atoms with Crippen LogP contribution >= 0.6 is 31.9 Å². The summed E-state index contributed by atoms with van der Waals surface area (Å²) in [4.78, 5) is 3.20. The van der Waals surface area contributed by atoms with Gasteiger partial charge in [-0.2, -0.15) is 0 Å². The van der Waals surface area contributed by atoms with E-state index in [4.69, 9.17) is 0 Å². The summed E-state index contributed by atoms with van der Waals surface area (Å²) in [6, 6.07) is 8.57. The lowest BCUT2D eigenvalue weighted by atomic mass is 9.85. The van der Waals surface area contributed by atoms with Gasteiger partial charge in [-0.1, -0.05) is 44.0 Å². The SMILES string of the molecule is CN(Cc1cccc(Br)c1)CC1CC(Br)C1. The molecule has 0 unspecified atom stereocenters. The molecule has 0 atom stereocenters. The van der Waals surface area contributed by atoms with Crippen LogP contribution in [0.5, 0.6) is 0 Å². The number of hydrogen-bond donors (Lipinski definition) is 0. The first-order valence-electron chi connectivity index (χ1n) is 5.70. The lowest BCUT2D eigenvalue weighted by molar-refractivity contribution is 0.208. The summed E-state index contributed by atoms with van der Waals surface area (Å²) in [5, 5.41) is 0. The van der Waals surface area contributed by atoms with Crippen molar-refractivity contribution in [2.45, 2.75) is 24.2 Å². The monoisotopic (exact) mass is 345 g/mol. The van der Waals surface area contributed by atoms with Gasteiger partial charge >= 0.3 is 0 Å². The molecular formula is C13H17Br2N. The molecule has 1 nitrogen and oxygen atoms in total. The molecule has 0 radical (unpaired) electrons. The van der Waals surface area contributed by atoms with E-state index >= 15 is 0 Å². The van der Waals surface area contributed by atoms with Crippen LogP contribution in [0.3, 0.4) is 0 Å². The molecule has 2 rings (SSSR count). The van der Waals surface area contributed by atoms with Crippen molar-refractivity contribution >= 4 is 31.9 Å². The molecule has 0 spiro atoms. The number of hydrogen-bond acceptors (Lipinski definition) is 1. The maximum Gasteiger partial charge on any atom is 0.0231 e. The fraction of sp³-hybridized carbons (Fsp3) is 0.538. The fourth-order valence-corrected chi connectivity index (χ4v) is 3.76. The molecule has 1 aliphatic carbocycles. The third-order valence-corrected chi connectivity index (χ3v) is 4.33. The smallest absolute Gasteiger partial charge is 0.0231 e. The summed E-state index contributed by atoms with van der Waals surface area (Å²) in [5.74, 6) is 0.890. The molecule has 0 saturated heterocycles. The predicted octanol–water partition coefficient (Wildman–Crippen LogP) is 4.05. The molecule has 0 bridgehead atoms. The topological polar surface area (TPSA) is 3.24 Å². The van der Waals surface area contributed by atoms with Crippen molar-refractivity contribution < 1.29 is 0 Å². The number of rotatable bonds is 4. The van der Waals surface area contributed by atoms with Crippen molar-refractivity contribution in [1.82, 2.24) is 4.90 Å². The van der Waals surface area contributed by atoms with Gasteiger partial charge in [0.2, 0.25) is 0 Å². The summed E-state index contributed by atoms with van der Waals surface area (Å²) < 4.78 is 1.17. The van der Waals surface area contributed by atoms with Crippen LogP contribution in [0.2, 0.25) is 0 Å². The van der Waals surface area contributed by atoms with Crippen molar-refractivity contribution in [3.8, 4) is 0 Å². The maximum atomic E-state index is 3.64. The summed E-state index contributed by atoms with van der Waals surface area (Å²) in [7, 11) is 2.21. The molecule has 0 aromatic heterocycles. The Kier molecular flexibility index (Phi) is 4.45. The van der Waals surface area contributed by atoms with Crippen LogP contribution in [0.1, 0.15) is 18.4 Å². The molecular weight excluding hydrogens is 330 g/mol. The average molecular weight is 347 g/mol. The lowest BCUT2D eigenvalue weighted by Crippen LogP contribution is -2.34. The molecule has 1 aromatic carbocycles. The minimum atomic E-state index is 0.775. The van der Waals surface area contributed by atoms with Crippen LogP contribution in [-0.4, -0.2) is 23.3 Å². The molecule has 1 aliphatic rings. The highest BCUT2D eigenvalue weighted by atomic mass is 79.9. The van der Waals surface area contributed by atoms with Gasteiger partial charge in [0, 0.05) is 22.4 Å². The third kappa shape index (κ3) is 3.57. The highest BCUT2D eigenvalue weighted by Crippen LogP contribution is 2.33. The van der Waals surface area contributed by atoms with Crippen molar-refractivity contribution in [3.63, 3.8) is 0 Å². The van der Waals surface area contributed by atoms with Crippen LogP contribution in [-0.2, 0) is 6.54 Å². The Hall–Kier alpha value is 0.140. The zero-order chi connectivity index (χ0) is 11.5. The summed E-state index contributed by atoms with van der Waals surface area (Å²) in [6.07, 6.45) is 2.67. The maximum absolute atomic E-state index is 3.64. The van der Waals surface area contributed by atoms with E-state index in [0.29, 0.717) is 0 Å². The molecule has 88 valence electrons. The molecule has 0 heterocycles. The Bertz CT molecular complexity index is 348. The minimum Gasteiger partial charge on any atom is -0.302 e. The Morgan fingerprint density at radius 3 is 2.75 bits per heavy atom. The van der Waals surface area contributed by atoms with Crippen molar-refractivity contribution in [1.29, 1.82) is 0 Å².